The van der Waals surface area contributed by atoms with Crippen molar-refractivity contribution < 1.29 is 0 Å². The number of hydrogen-bond acceptors (Lipinski definition) is 2. The predicted molar refractivity (Wildman–Crippen MR) is 41.4 cm³/mol. The first kappa shape index (κ1) is 5.98. The van der Waals surface area contributed by atoms with E-state index in [4.69, 9.17) is 11.6 Å². The first-order chi connectivity index (χ1) is 4.88. The second-order valence-corrected chi connectivity index (χ2v) is 2.66. The molecule has 2 nitrogen and oxygen atoms in total. The van der Waals surface area contributed by atoms with Crippen LogP contribution < -0.4 is 5.32 Å². The number of pyridine rings is 1. The third-order valence-corrected chi connectivity index (χ3v) is 2.02. The molecule has 0 bridgehead atoms. The third kappa shape index (κ3) is 0.762. The van der Waals surface area contributed by atoms with Gasteiger partial charge in [0.05, 0.1) is 0 Å². The largest absolute Gasteiger partial charge is 0.384 e. The minimum absolute atomic E-state index is 0.641. The van der Waals surface area contributed by atoms with Crippen LogP contribution in [0, 0.1) is 0 Å². The maximum Gasteiger partial charge on any atom is 0.134 e. The van der Waals surface area contributed by atoms with Gasteiger partial charge in [-0.3, -0.25) is 0 Å². The fraction of sp³-hybridized carbons (Fsp3) is 0.286. The Morgan fingerprint density at radius 3 is 3.30 bits per heavy atom. The summed E-state index contributed by atoms with van der Waals surface area (Å²) in [5.74, 6) is 0. The molecule has 0 radical (unpaired) electrons. The third-order valence-electron chi connectivity index (χ3n) is 1.69. The number of hydrogen-bond donors (Lipinski definition) is 1. The van der Waals surface area contributed by atoms with Gasteiger partial charge in [0.25, 0.3) is 0 Å². The zero-order valence-electron chi connectivity index (χ0n) is 5.39. The van der Waals surface area contributed by atoms with Crippen LogP contribution in [0.1, 0.15) is 5.56 Å². The van der Waals surface area contributed by atoms with E-state index in [0.717, 1.165) is 24.2 Å². The maximum atomic E-state index is 5.82. The molecule has 2 heterocycles. The molecule has 1 aliphatic heterocycles. The number of nitrogens with one attached hydrogen (secondary N) is 1. The lowest BCUT2D eigenvalue weighted by Crippen LogP contribution is -1.90. The fourth-order valence-electron chi connectivity index (χ4n) is 1.19. The van der Waals surface area contributed by atoms with Gasteiger partial charge in [0.2, 0.25) is 0 Å². The Bertz CT molecular complexity index is 260. The SMILES string of the molecule is Clc1nccc2c1CCN2. The van der Waals surface area contributed by atoms with Gasteiger partial charge in [0, 0.05) is 24.0 Å². The lowest BCUT2D eigenvalue weighted by atomic mass is 10.2. The van der Waals surface area contributed by atoms with Gasteiger partial charge in [-0.15, -0.1) is 0 Å². The number of nitrogens with zero attached hydrogens (tertiary/aromatic N) is 1. The van der Waals surface area contributed by atoms with Gasteiger partial charge in [-0.25, -0.2) is 4.98 Å². The Hall–Kier alpha value is -0.760. The van der Waals surface area contributed by atoms with Crippen LogP contribution in [-0.4, -0.2) is 11.5 Å². The number of anilines is 1. The molecule has 3 heteroatoms. The normalized spacial score (nSPS) is 14.5. The second kappa shape index (κ2) is 2.13. The molecule has 2 rings (SSSR count). The monoisotopic (exact) mass is 154 g/mol. The molecule has 0 aliphatic carbocycles. The van der Waals surface area contributed by atoms with Crippen LogP contribution in [0.5, 0.6) is 0 Å². The van der Waals surface area contributed by atoms with Crippen LogP contribution in [0.15, 0.2) is 12.3 Å². The topological polar surface area (TPSA) is 24.9 Å². The van der Waals surface area contributed by atoms with E-state index in [1.54, 1.807) is 6.20 Å². The Kier molecular flexibility index (Phi) is 1.27. The zero-order valence-corrected chi connectivity index (χ0v) is 6.15. The number of fused-ring (bicyclic) bond motifs is 1. The highest BCUT2D eigenvalue weighted by Gasteiger charge is 2.12. The summed E-state index contributed by atoms with van der Waals surface area (Å²) < 4.78 is 0. The van der Waals surface area contributed by atoms with Crippen LogP contribution >= 0.6 is 11.6 Å². The summed E-state index contributed by atoms with van der Waals surface area (Å²) in [4.78, 5) is 3.98. The van der Waals surface area contributed by atoms with Crippen molar-refractivity contribution in [3.8, 4) is 0 Å². The molecular formula is C7H7ClN2. The molecule has 0 unspecified atom stereocenters. The summed E-state index contributed by atoms with van der Waals surface area (Å²) >= 11 is 5.82. The van der Waals surface area contributed by atoms with Crippen molar-refractivity contribution in [3.05, 3.63) is 23.0 Å². The molecule has 1 aromatic heterocycles. The van der Waals surface area contributed by atoms with Gasteiger partial charge in [-0.05, 0) is 12.5 Å². The maximum absolute atomic E-state index is 5.82. The highest BCUT2D eigenvalue weighted by atomic mass is 35.5. The molecule has 0 saturated carbocycles. The summed E-state index contributed by atoms with van der Waals surface area (Å²) in [6.45, 7) is 0.987. The smallest absolute Gasteiger partial charge is 0.134 e. The highest BCUT2D eigenvalue weighted by Crippen LogP contribution is 2.26. The summed E-state index contributed by atoms with van der Waals surface area (Å²) in [5.41, 5.74) is 2.30. The van der Waals surface area contributed by atoms with E-state index < -0.39 is 0 Å². The average molecular weight is 155 g/mol. The van der Waals surface area contributed by atoms with Gasteiger partial charge in [0.15, 0.2) is 0 Å². The van der Waals surface area contributed by atoms with Gasteiger partial charge in [-0.1, -0.05) is 11.6 Å². The van der Waals surface area contributed by atoms with Crippen LogP contribution in [0.4, 0.5) is 5.69 Å². The Morgan fingerprint density at radius 2 is 2.50 bits per heavy atom. The van der Waals surface area contributed by atoms with E-state index >= 15 is 0 Å². The van der Waals surface area contributed by atoms with Crippen LogP contribution in [0.2, 0.25) is 5.15 Å². The molecule has 0 saturated heterocycles. The van der Waals surface area contributed by atoms with Gasteiger partial charge in [-0.2, -0.15) is 0 Å². The molecule has 0 aromatic carbocycles. The van der Waals surface area contributed by atoms with Crippen molar-refractivity contribution in [2.45, 2.75) is 6.42 Å². The minimum atomic E-state index is 0.641. The van der Waals surface area contributed by atoms with Crippen molar-refractivity contribution in [3.63, 3.8) is 0 Å². The molecule has 0 spiro atoms. The Labute approximate surface area is 64.2 Å². The first-order valence-electron chi connectivity index (χ1n) is 3.25. The van der Waals surface area contributed by atoms with Crippen LogP contribution in [0.3, 0.4) is 0 Å². The minimum Gasteiger partial charge on any atom is -0.384 e. The Balaban J connectivity index is 2.59. The van der Waals surface area contributed by atoms with E-state index in [0.29, 0.717) is 5.15 Å². The fourth-order valence-corrected chi connectivity index (χ4v) is 1.45. The molecule has 0 amide bonds. The number of halogens is 1. The molecule has 1 aliphatic rings. The molecule has 0 fully saturated rings. The average Bonchev–Trinajstić information content (AvgIpc) is 2.36. The van der Waals surface area contributed by atoms with Gasteiger partial charge >= 0.3 is 0 Å². The first-order valence-corrected chi connectivity index (χ1v) is 3.63. The summed E-state index contributed by atoms with van der Waals surface area (Å²) in [6, 6.07) is 1.95. The molecule has 1 N–H and O–H groups in total. The summed E-state index contributed by atoms with van der Waals surface area (Å²) in [5, 5.41) is 3.86. The van der Waals surface area contributed by atoms with E-state index in [-0.39, 0.29) is 0 Å². The van der Waals surface area contributed by atoms with E-state index in [9.17, 15) is 0 Å². The zero-order chi connectivity index (χ0) is 6.97. The van der Waals surface area contributed by atoms with E-state index in [1.165, 1.54) is 0 Å². The highest BCUT2D eigenvalue weighted by molar-refractivity contribution is 6.30. The molecule has 1 aromatic rings. The summed E-state index contributed by atoms with van der Waals surface area (Å²) in [7, 11) is 0. The van der Waals surface area contributed by atoms with E-state index in [1.807, 2.05) is 6.07 Å². The standard InChI is InChI=1S/C7H7ClN2/c8-7-5-1-3-9-6(5)2-4-10-7/h2,4,9H,1,3H2. The molecule has 52 valence electrons. The van der Waals surface area contributed by atoms with Crippen LogP contribution in [-0.2, 0) is 6.42 Å². The van der Waals surface area contributed by atoms with Crippen molar-refractivity contribution in [1.29, 1.82) is 0 Å². The summed E-state index contributed by atoms with van der Waals surface area (Å²) in [6.07, 6.45) is 2.72. The molecular weight excluding hydrogens is 148 g/mol. The van der Waals surface area contributed by atoms with Crippen molar-refractivity contribution in [2.24, 2.45) is 0 Å². The van der Waals surface area contributed by atoms with Crippen molar-refractivity contribution in [1.82, 2.24) is 4.98 Å². The lowest BCUT2D eigenvalue weighted by molar-refractivity contribution is 1.09. The molecule has 0 atom stereocenters. The Morgan fingerprint density at radius 1 is 1.60 bits per heavy atom. The van der Waals surface area contributed by atoms with Crippen molar-refractivity contribution in [2.75, 3.05) is 11.9 Å². The van der Waals surface area contributed by atoms with Gasteiger partial charge in [0.1, 0.15) is 5.15 Å². The predicted octanol–water partition coefficient (Wildman–Crippen LogP) is 1.70. The second-order valence-electron chi connectivity index (χ2n) is 2.30. The number of aromatic nitrogens is 1. The van der Waals surface area contributed by atoms with Crippen LogP contribution in [0.25, 0.3) is 0 Å². The van der Waals surface area contributed by atoms with E-state index in [2.05, 4.69) is 10.3 Å². The van der Waals surface area contributed by atoms with Gasteiger partial charge < -0.3 is 5.32 Å². The quantitative estimate of drug-likeness (QED) is 0.576. The lowest BCUT2D eigenvalue weighted by Gasteiger charge is -1.97. The molecule has 10 heavy (non-hydrogen) atoms. The van der Waals surface area contributed by atoms with Crippen molar-refractivity contribution >= 4 is 17.3 Å². The number of rotatable bonds is 0.